The number of nitrogens with one attached hydrogen (secondary N) is 2. The van der Waals surface area contributed by atoms with Gasteiger partial charge in [-0.15, -0.1) is 0 Å². The van der Waals surface area contributed by atoms with Gasteiger partial charge < -0.3 is 20.1 Å². The lowest BCUT2D eigenvalue weighted by molar-refractivity contribution is -0.137. The van der Waals surface area contributed by atoms with E-state index in [1.54, 1.807) is 12.1 Å². The summed E-state index contributed by atoms with van der Waals surface area (Å²) in [6.45, 7) is 1.46. The molecule has 162 valence electrons. The zero-order valence-electron chi connectivity index (χ0n) is 16.2. The van der Waals surface area contributed by atoms with Crippen LogP contribution in [-0.2, 0) is 10.9 Å². The summed E-state index contributed by atoms with van der Waals surface area (Å²) >= 11 is 5.95. The molecular formula is C20H21ClF3N3O3. The number of halogens is 4. The fraction of sp³-hybridized carbons (Fsp3) is 0.400. The lowest BCUT2D eigenvalue weighted by Gasteiger charge is -2.22. The van der Waals surface area contributed by atoms with Crippen LogP contribution in [0.5, 0.6) is 5.75 Å². The molecule has 1 saturated heterocycles. The minimum absolute atomic E-state index is 0.0936. The standard InChI is InChI=1S/C20H21ClF3N3O3/c1-29-17-3-2-13(21)8-16(17)27-18-9-15(20(22,23)24)14(11-25-18)19(28)26-10-12-4-6-30-7-5-12/h2-3,8-9,11-12H,4-7,10H2,1H3,(H,25,27)(H,26,28). The fourth-order valence-electron chi connectivity index (χ4n) is 3.14. The van der Waals surface area contributed by atoms with E-state index in [0.29, 0.717) is 36.2 Å². The third-order valence-corrected chi connectivity index (χ3v) is 5.01. The minimum atomic E-state index is -4.73. The summed E-state index contributed by atoms with van der Waals surface area (Å²) in [5.74, 6) is -0.341. The number of benzene rings is 1. The van der Waals surface area contributed by atoms with E-state index in [4.69, 9.17) is 21.1 Å². The van der Waals surface area contributed by atoms with Crippen LogP contribution in [0.15, 0.2) is 30.5 Å². The number of rotatable bonds is 6. The first-order valence-electron chi connectivity index (χ1n) is 9.31. The topological polar surface area (TPSA) is 72.5 Å². The minimum Gasteiger partial charge on any atom is -0.495 e. The Labute approximate surface area is 176 Å². The summed E-state index contributed by atoms with van der Waals surface area (Å²) in [4.78, 5) is 16.4. The molecule has 10 heteroatoms. The normalized spacial score (nSPS) is 15.0. The van der Waals surface area contributed by atoms with Gasteiger partial charge in [0.1, 0.15) is 11.6 Å². The van der Waals surface area contributed by atoms with Crippen LogP contribution in [0.4, 0.5) is 24.7 Å². The van der Waals surface area contributed by atoms with Gasteiger partial charge >= 0.3 is 6.18 Å². The maximum atomic E-state index is 13.6. The lowest BCUT2D eigenvalue weighted by atomic mass is 10.00. The van der Waals surface area contributed by atoms with Gasteiger partial charge in [-0.05, 0) is 43.0 Å². The van der Waals surface area contributed by atoms with Crippen LogP contribution in [0.25, 0.3) is 0 Å². The highest BCUT2D eigenvalue weighted by atomic mass is 35.5. The van der Waals surface area contributed by atoms with Crippen LogP contribution in [-0.4, -0.2) is 37.8 Å². The lowest BCUT2D eigenvalue weighted by Crippen LogP contribution is -2.33. The van der Waals surface area contributed by atoms with Crippen molar-refractivity contribution in [2.45, 2.75) is 19.0 Å². The molecule has 30 heavy (non-hydrogen) atoms. The summed E-state index contributed by atoms with van der Waals surface area (Å²) in [6.07, 6.45) is -2.30. The van der Waals surface area contributed by atoms with Crippen molar-refractivity contribution >= 4 is 29.0 Å². The van der Waals surface area contributed by atoms with E-state index in [2.05, 4.69) is 15.6 Å². The monoisotopic (exact) mass is 443 g/mol. The van der Waals surface area contributed by atoms with Crippen molar-refractivity contribution in [1.82, 2.24) is 10.3 Å². The van der Waals surface area contributed by atoms with Crippen LogP contribution >= 0.6 is 11.6 Å². The molecule has 0 aliphatic carbocycles. The van der Waals surface area contributed by atoms with Crippen molar-refractivity contribution in [2.24, 2.45) is 5.92 Å². The maximum absolute atomic E-state index is 13.6. The molecule has 1 aliphatic heterocycles. The van der Waals surface area contributed by atoms with E-state index >= 15 is 0 Å². The number of anilines is 2. The second-order valence-electron chi connectivity index (χ2n) is 6.85. The third kappa shape index (κ3) is 5.54. The number of alkyl halides is 3. The molecule has 1 aromatic carbocycles. The second kappa shape index (κ2) is 9.53. The van der Waals surface area contributed by atoms with Gasteiger partial charge in [0, 0.05) is 31.0 Å². The van der Waals surface area contributed by atoms with Gasteiger partial charge in [0.15, 0.2) is 0 Å². The fourth-order valence-corrected chi connectivity index (χ4v) is 3.31. The molecule has 6 nitrogen and oxygen atoms in total. The van der Waals surface area contributed by atoms with Gasteiger partial charge in [0.05, 0.1) is 23.9 Å². The number of pyridine rings is 1. The molecule has 2 N–H and O–H groups in total. The number of hydrogen-bond acceptors (Lipinski definition) is 5. The number of ether oxygens (including phenoxy) is 2. The molecule has 0 radical (unpaired) electrons. The van der Waals surface area contributed by atoms with Crippen LogP contribution < -0.4 is 15.4 Å². The van der Waals surface area contributed by atoms with Crippen molar-refractivity contribution in [3.8, 4) is 5.75 Å². The molecule has 2 heterocycles. The third-order valence-electron chi connectivity index (χ3n) is 4.77. The van der Waals surface area contributed by atoms with E-state index in [1.807, 2.05) is 0 Å². The number of carbonyl (C=O) groups excluding carboxylic acids is 1. The quantitative estimate of drug-likeness (QED) is 0.679. The van der Waals surface area contributed by atoms with Gasteiger partial charge in [0.2, 0.25) is 0 Å². The second-order valence-corrected chi connectivity index (χ2v) is 7.28. The van der Waals surface area contributed by atoms with Crippen LogP contribution in [0, 0.1) is 5.92 Å². The smallest absolute Gasteiger partial charge is 0.417 e. The van der Waals surface area contributed by atoms with Gasteiger partial charge in [-0.25, -0.2) is 4.98 Å². The molecule has 0 unspecified atom stereocenters. The van der Waals surface area contributed by atoms with E-state index < -0.39 is 23.2 Å². The summed E-state index contributed by atoms with van der Waals surface area (Å²) in [6, 6.07) is 5.47. The summed E-state index contributed by atoms with van der Waals surface area (Å²) in [5.41, 5.74) is -1.26. The molecule has 2 aromatic rings. The number of carbonyl (C=O) groups is 1. The molecule has 3 rings (SSSR count). The van der Waals surface area contributed by atoms with E-state index in [9.17, 15) is 18.0 Å². The molecule has 0 spiro atoms. The Balaban J connectivity index is 1.81. The summed E-state index contributed by atoms with van der Waals surface area (Å²) in [7, 11) is 1.43. The van der Waals surface area contributed by atoms with E-state index in [1.165, 1.54) is 13.2 Å². The average molecular weight is 444 g/mol. The molecule has 1 aromatic heterocycles. The first kappa shape index (κ1) is 22.2. The van der Waals surface area contributed by atoms with Gasteiger partial charge in [0.25, 0.3) is 5.91 Å². The zero-order chi connectivity index (χ0) is 21.7. The van der Waals surface area contributed by atoms with Gasteiger partial charge in [-0.1, -0.05) is 11.6 Å². The largest absolute Gasteiger partial charge is 0.495 e. The zero-order valence-corrected chi connectivity index (χ0v) is 16.9. The number of amides is 1. The van der Waals surface area contributed by atoms with Crippen molar-refractivity contribution in [3.05, 3.63) is 46.6 Å². The molecule has 0 bridgehead atoms. The molecule has 0 saturated carbocycles. The number of hydrogen-bond donors (Lipinski definition) is 2. The Morgan fingerprint density at radius 2 is 2.03 bits per heavy atom. The molecule has 1 fully saturated rings. The average Bonchev–Trinajstić information content (AvgIpc) is 2.72. The number of methoxy groups -OCH3 is 1. The van der Waals surface area contributed by atoms with Crippen LogP contribution in [0.3, 0.4) is 0 Å². The highest BCUT2D eigenvalue weighted by Gasteiger charge is 2.36. The van der Waals surface area contributed by atoms with Crippen LogP contribution in [0.2, 0.25) is 5.02 Å². The Bertz CT molecular complexity index is 903. The Morgan fingerprint density at radius 1 is 1.30 bits per heavy atom. The number of nitrogens with zero attached hydrogens (tertiary/aromatic N) is 1. The van der Waals surface area contributed by atoms with Crippen molar-refractivity contribution < 1.29 is 27.4 Å². The van der Waals surface area contributed by atoms with Gasteiger partial charge in [-0.2, -0.15) is 13.2 Å². The first-order valence-corrected chi connectivity index (χ1v) is 9.69. The van der Waals surface area contributed by atoms with Crippen LogP contribution in [0.1, 0.15) is 28.8 Å². The highest BCUT2D eigenvalue weighted by Crippen LogP contribution is 2.35. The molecule has 1 aliphatic rings. The Morgan fingerprint density at radius 3 is 2.70 bits per heavy atom. The highest BCUT2D eigenvalue weighted by molar-refractivity contribution is 6.31. The number of aromatic nitrogens is 1. The van der Waals surface area contributed by atoms with Crippen molar-refractivity contribution in [1.29, 1.82) is 0 Å². The SMILES string of the molecule is COc1ccc(Cl)cc1Nc1cc(C(F)(F)F)c(C(=O)NCC2CCOCC2)cn1. The molecule has 0 atom stereocenters. The predicted octanol–water partition coefficient (Wildman–Crippen LogP) is 4.66. The Hall–Kier alpha value is -2.52. The summed E-state index contributed by atoms with van der Waals surface area (Å²) in [5, 5.41) is 5.72. The van der Waals surface area contributed by atoms with Crippen molar-refractivity contribution in [2.75, 3.05) is 32.2 Å². The first-order chi connectivity index (χ1) is 14.3. The maximum Gasteiger partial charge on any atom is 0.417 e. The van der Waals surface area contributed by atoms with E-state index in [0.717, 1.165) is 25.1 Å². The molecule has 1 amide bonds. The van der Waals surface area contributed by atoms with E-state index in [-0.39, 0.29) is 11.7 Å². The Kier molecular flexibility index (Phi) is 7.04. The van der Waals surface area contributed by atoms with Crippen molar-refractivity contribution in [3.63, 3.8) is 0 Å². The molecular weight excluding hydrogens is 423 g/mol. The predicted molar refractivity (Wildman–Crippen MR) is 106 cm³/mol. The summed E-state index contributed by atoms with van der Waals surface area (Å²) < 4.78 is 51.3. The van der Waals surface area contributed by atoms with Gasteiger partial charge in [-0.3, -0.25) is 4.79 Å².